The number of amides is 2. The predicted octanol–water partition coefficient (Wildman–Crippen LogP) is 3.46. The monoisotopic (exact) mass is 439 g/mol. The second kappa shape index (κ2) is 10.5. The molecule has 31 heavy (non-hydrogen) atoms. The van der Waals surface area contributed by atoms with E-state index in [0.29, 0.717) is 35.1 Å². The maximum absolute atomic E-state index is 12.5. The van der Waals surface area contributed by atoms with Crippen LogP contribution < -0.4 is 15.4 Å². The number of aromatic nitrogens is 3. The molecular weight excluding hydrogens is 414 g/mol. The van der Waals surface area contributed by atoms with Gasteiger partial charge in [-0.1, -0.05) is 29.8 Å². The highest BCUT2D eigenvalue weighted by Crippen LogP contribution is 2.20. The molecule has 9 heteroatoms. The van der Waals surface area contributed by atoms with Crippen LogP contribution in [0.3, 0.4) is 0 Å². The summed E-state index contributed by atoms with van der Waals surface area (Å²) in [6, 6.07) is 14.9. The van der Waals surface area contributed by atoms with Crippen LogP contribution in [0.25, 0.3) is 11.4 Å². The first kappa shape index (κ1) is 22.2. The fourth-order valence-electron chi connectivity index (χ4n) is 3.03. The van der Waals surface area contributed by atoms with Gasteiger partial charge in [0.15, 0.2) is 17.2 Å². The second-order valence-electron chi connectivity index (χ2n) is 6.94. The normalized spacial score (nSPS) is 10.5. The molecule has 1 heterocycles. The van der Waals surface area contributed by atoms with Gasteiger partial charge in [-0.05, 0) is 44.3 Å². The topological polar surface area (TPSA) is 101 Å². The molecule has 0 bridgehead atoms. The van der Waals surface area contributed by atoms with Crippen LogP contribution in [0.2, 0.25) is 0 Å². The molecule has 0 radical (unpaired) electrons. The first-order valence-electron chi connectivity index (χ1n) is 9.98. The van der Waals surface area contributed by atoms with Gasteiger partial charge in [0.1, 0.15) is 5.75 Å². The molecule has 1 aromatic heterocycles. The number of nitrogens with zero attached hydrogens (tertiary/aromatic N) is 2. The third-order valence-electron chi connectivity index (χ3n) is 4.46. The van der Waals surface area contributed by atoms with Crippen molar-refractivity contribution < 1.29 is 14.3 Å². The van der Waals surface area contributed by atoms with Crippen molar-refractivity contribution in [3.05, 3.63) is 58.9 Å². The van der Waals surface area contributed by atoms with Gasteiger partial charge < -0.3 is 15.4 Å². The predicted molar refractivity (Wildman–Crippen MR) is 121 cm³/mol. The average molecular weight is 440 g/mol. The molecule has 3 aromatic rings. The van der Waals surface area contributed by atoms with Gasteiger partial charge in [-0.3, -0.25) is 19.3 Å². The summed E-state index contributed by atoms with van der Waals surface area (Å²) in [6.45, 7) is 4.71. The summed E-state index contributed by atoms with van der Waals surface area (Å²) in [6.07, 6.45) is 0.219. The SMILES string of the molecule is CCNC(=O)COc1cccc(NC(=O)CCn2c(-c3cccc(C)c3)n[nH]c2=S)c1. The molecule has 0 spiro atoms. The summed E-state index contributed by atoms with van der Waals surface area (Å²) >= 11 is 5.34. The maximum atomic E-state index is 12.5. The molecule has 3 rings (SSSR count). The summed E-state index contributed by atoms with van der Waals surface area (Å²) in [5.41, 5.74) is 2.64. The van der Waals surface area contributed by atoms with E-state index in [1.54, 1.807) is 24.3 Å². The highest BCUT2D eigenvalue weighted by molar-refractivity contribution is 7.71. The number of carbonyl (C=O) groups excluding carboxylic acids is 2. The third-order valence-corrected chi connectivity index (χ3v) is 4.77. The molecule has 0 saturated carbocycles. The van der Waals surface area contributed by atoms with Gasteiger partial charge in [0.05, 0.1) is 0 Å². The Morgan fingerprint density at radius 2 is 1.97 bits per heavy atom. The zero-order chi connectivity index (χ0) is 22.2. The number of carbonyl (C=O) groups is 2. The zero-order valence-electron chi connectivity index (χ0n) is 17.5. The summed E-state index contributed by atoms with van der Waals surface area (Å²) < 4.78 is 7.74. The molecule has 0 aliphatic heterocycles. The van der Waals surface area contributed by atoms with Crippen LogP contribution in [0, 0.1) is 11.7 Å². The fourth-order valence-corrected chi connectivity index (χ4v) is 3.25. The number of anilines is 1. The van der Waals surface area contributed by atoms with E-state index in [-0.39, 0.29) is 24.8 Å². The van der Waals surface area contributed by atoms with Gasteiger partial charge in [0.25, 0.3) is 5.91 Å². The number of hydrogen-bond donors (Lipinski definition) is 3. The van der Waals surface area contributed by atoms with Crippen LogP contribution in [-0.2, 0) is 16.1 Å². The molecule has 0 aliphatic carbocycles. The number of benzene rings is 2. The molecule has 0 aliphatic rings. The lowest BCUT2D eigenvalue weighted by atomic mass is 10.1. The Labute approximate surface area is 185 Å². The van der Waals surface area contributed by atoms with Crippen molar-refractivity contribution in [1.82, 2.24) is 20.1 Å². The summed E-state index contributed by atoms with van der Waals surface area (Å²) in [7, 11) is 0. The number of likely N-dealkylation sites (N-methyl/N-ethyl adjacent to an activating group) is 1. The minimum Gasteiger partial charge on any atom is -0.484 e. The van der Waals surface area contributed by atoms with E-state index < -0.39 is 0 Å². The highest BCUT2D eigenvalue weighted by atomic mass is 32.1. The van der Waals surface area contributed by atoms with Crippen LogP contribution in [0.1, 0.15) is 18.9 Å². The lowest BCUT2D eigenvalue weighted by Crippen LogP contribution is -2.28. The summed E-state index contributed by atoms with van der Waals surface area (Å²) in [4.78, 5) is 24.0. The van der Waals surface area contributed by atoms with Gasteiger partial charge >= 0.3 is 0 Å². The molecule has 2 aromatic carbocycles. The van der Waals surface area contributed by atoms with Crippen LogP contribution in [0.15, 0.2) is 48.5 Å². The summed E-state index contributed by atoms with van der Waals surface area (Å²) in [5.74, 6) is 0.836. The number of aromatic amines is 1. The maximum Gasteiger partial charge on any atom is 0.257 e. The van der Waals surface area contributed by atoms with Crippen molar-refractivity contribution in [2.45, 2.75) is 26.8 Å². The Kier molecular flexibility index (Phi) is 7.55. The largest absolute Gasteiger partial charge is 0.484 e. The lowest BCUT2D eigenvalue weighted by molar-refractivity contribution is -0.123. The first-order valence-corrected chi connectivity index (χ1v) is 10.4. The number of rotatable bonds is 9. The van der Waals surface area contributed by atoms with Crippen molar-refractivity contribution in [3.63, 3.8) is 0 Å². The van der Waals surface area contributed by atoms with E-state index in [1.165, 1.54) is 0 Å². The zero-order valence-corrected chi connectivity index (χ0v) is 18.3. The van der Waals surface area contributed by atoms with Crippen molar-refractivity contribution in [3.8, 4) is 17.1 Å². The van der Waals surface area contributed by atoms with Gasteiger partial charge in [-0.15, -0.1) is 0 Å². The summed E-state index contributed by atoms with van der Waals surface area (Å²) in [5, 5.41) is 12.6. The molecule has 3 N–H and O–H groups in total. The van der Waals surface area contributed by atoms with Crippen LogP contribution in [-0.4, -0.2) is 39.7 Å². The Hall–Kier alpha value is -3.46. The van der Waals surface area contributed by atoms with Gasteiger partial charge in [0.2, 0.25) is 5.91 Å². The second-order valence-corrected chi connectivity index (χ2v) is 7.33. The minimum absolute atomic E-state index is 0.0777. The molecule has 0 fully saturated rings. The van der Waals surface area contributed by atoms with Crippen molar-refractivity contribution in [2.75, 3.05) is 18.5 Å². The molecule has 0 unspecified atom stereocenters. The van der Waals surface area contributed by atoms with E-state index >= 15 is 0 Å². The average Bonchev–Trinajstić information content (AvgIpc) is 3.12. The van der Waals surface area contributed by atoms with Crippen molar-refractivity contribution >= 4 is 29.7 Å². The Balaban J connectivity index is 1.60. The van der Waals surface area contributed by atoms with Crippen LogP contribution >= 0.6 is 12.2 Å². The quantitative estimate of drug-likeness (QED) is 0.443. The van der Waals surface area contributed by atoms with Gasteiger partial charge in [-0.25, -0.2) is 0 Å². The number of aryl methyl sites for hydroxylation is 1. The first-order chi connectivity index (χ1) is 15.0. The van der Waals surface area contributed by atoms with E-state index in [0.717, 1.165) is 11.1 Å². The Bertz CT molecular complexity index is 1120. The lowest BCUT2D eigenvalue weighted by Gasteiger charge is -2.10. The fraction of sp³-hybridized carbons (Fsp3) is 0.273. The van der Waals surface area contributed by atoms with Crippen LogP contribution in [0.5, 0.6) is 5.75 Å². The van der Waals surface area contributed by atoms with E-state index in [2.05, 4.69) is 20.8 Å². The Morgan fingerprint density at radius 3 is 2.74 bits per heavy atom. The van der Waals surface area contributed by atoms with E-state index in [1.807, 2.05) is 42.7 Å². The van der Waals surface area contributed by atoms with E-state index in [4.69, 9.17) is 17.0 Å². The van der Waals surface area contributed by atoms with Gasteiger partial charge in [0, 0.05) is 36.8 Å². The Morgan fingerprint density at radius 1 is 1.16 bits per heavy atom. The van der Waals surface area contributed by atoms with Crippen molar-refractivity contribution in [1.29, 1.82) is 0 Å². The number of H-pyrrole nitrogens is 1. The molecular formula is C22H25N5O3S. The minimum atomic E-state index is -0.196. The molecule has 0 atom stereocenters. The van der Waals surface area contributed by atoms with Crippen molar-refractivity contribution in [2.24, 2.45) is 0 Å². The van der Waals surface area contributed by atoms with Crippen LogP contribution in [0.4, 0.5) is 5.69 Å². The number of ether oxygens (including phenoxy) is 1. The third kappa shape index (κ3) is 6.26. The number of hydrogen-bond acceptors (Lipinski definition) is 5. The standard InChI is InChI=1S/C22H25N5O3S/c1-3-23-20(29)14-30-18-9-5-8-17(13-18)24-19(28)10-11-27-21(25-26-22(27)31)16-7-4-6-15(2)12-16/h4-9,12-13H,3,10-11,14H2,1-2H3,(H,23,29)(H,24,28)(H,26,31). The molecule has 0 saturated heterocycles. The number of nitrogens with one attached hydrogen (secondary N) is 3. The molecule has 162 valence electrons. The van der Waals surface area contributed by atoms with E-state index in [9.17, 15) is 9.59 Å². The van der Waals surface area contributed by atoms with Gasteiger partial charge in [-0.2, -0.15) is 5.10 Å². The molecule has 2 amide bonds. The smallest absolute Gasteiger partial charge is 0.257 e. The molecule has 8 nitrogen and oxygen atoms in total. The highest BCUT2D eigenvalue weighted by Gasteiger charge is 2.11.